The number of ether oxygens (including phenoxy) is 5. The van der Waals surface area contributed by atoms with E-state index in [0.29, 0.717) is 73.5 Å². The highest BCUT2D eigenvalue weighted by atomic mass is 35.5. The van der Waals surface area contributed by atoms with Crippen LogP contribution in [-0.2, 0) is 31.2 Å². The summed E-state index contributed by atoms with van der Waals surface area (Å²) < 4.78 is 29.7. The number of aromatic nitrogens is 2. The fourth-order valence-corrected chi connectivity index (χ4v) is 7.47. The second-order valence-electron chi connectivity index (χ2n) is 14.2. The minimum Gasteiger partial charge on any atom is -0.488 e. The van der Waals surface area contributed by atoms with Gasteiger partial charge in [-0.15, -0.1) is 0 Å². The number of halogens is 4. The monoisotopic (exact) mass is 906 g/mol. The summed E-state index contributed by atoms with van der Waals surface area (Å²) in [6.45, 7) is 9.87. The molecule has 0 bridgehead atoms. The standard InChI is InChI=1S/C47H34Cl4N4O7/c1-27(56)37-12-39(48)44(14-42(37)59-23-29-9-28(16-52)17-54-18-29)61-25-32-5-3-7-35(46(32)50)36-8-4-6-33(47(36)51)26-62-45-15-43(60-24-30-10-34(53-2)20-55-19-30)38(13-40(45)49)41(57)11-31-21-58-22-31/h3-10,12-15,17-20,31H,11,21-26H2,1H3. The molecule has 1 aliphatic heterocycles. The van der Waals surface area contributed by atoms with E-state index < -0.39 is 0 Å². The number of carbonyl (C=O) groups is 2. The van der Waals surface area contributed by atoms with Gasteiger partial charge in [-0.1, -0.05) is 82.8 Å². The lowest BCUT2D eigenvalue weighted by Gasteiger charge is -2.25. The van der Waals surface area contributed by atoms with Gasteiger partial charge in [-0.05, 0) is 36.8 Å². The summed E-state index contributed by atoms with van der Waals surface area (Å²) in [4.78, 5) is 37.5. The average molecular weight is 909 g/mol. The van der Waals surface area contributed by atoms with E-state index in [1.807, 2.05) is 42.5 Å². The van der Waals surface area contributed by atoms with Crippen LogP contribution in [0, 0.1) is 23.8 Å². The van der Waals surface area contributed by atoms with Gasteiger partial charge in [0.05, 0.1) is 56.6 Å². The first-order valence-corrected chi connectivity index (χ1v) is 20.5. The topological polar surface area (TPSA) is 134 Å². The maximum absolute atomic E-state index is 13.4. The normalized spacial score (nSPS) is 12.1. The number of benzene rings is 4. The van der Waals surface area contributed by atoms with Crippen LogP contribution in [0.4, 0.5) is 5.69 Å². The van der Waals surface area contributed by atoms with E-state index in [9.17, 15) is 14.9 Å². The van der Waals surface area contributed by atoms with Crippen LogP contribution < -0.4 is 18.9 Å². The van der Waals surface area contributed by atoms with Gasteiger partial charge in [0, 0.05) is 77.1 Å². The van der Waals surface area contributed by atoms with Gasteiger partial charge in [0.1, 0.15) is 55.5 Å². The molecule has 62 heavy (non-hydrogen) atoms. The maximum atomic E-state index is 13.4. The number of nitrogens with zero attached hydrogens (tertiary/aromatic N) is 4. The lowest BCUT2D eigenvalue weighted by molar-refractivity contribution is -0.0322. The molecule has 0 saturated carbocycles. The average Bonchev–Trinajstić information content (AvgIpc) is 3.26. The van der Waals surface area contributed by atoms with E-state index in [4.69, 9.17) is 76.7 Å². The smallest absolute Gasteiger partial charge is 0.205 e. The molecule has 0 unspecified atom stereocenters. The molecule has 2 aromatic heterocycles. The van der Waals surface area contributed by atoms with Gasteiger partial charge in [-0.3, -0.25) is 19.6 Å². The third-order valence-corrected chi connectivity index (χ3v) is 11.2. The zero-order chi connectivity index (χ0) is 43.8. The van der Waals surface area contributed by atoms with Crippen molar-refractivity contribution >= 4 is 63.7 Å². The summed E-state index contributed by atoms with van der Waals surface area (Å²) in [7, 11) is 0. The Morgan fingerprint density at radius 3 is 1.79 bits per heavy atom. The summed E-state index contributed by atoms with van der Waals surface area (Å²) in [5, 5.41) is 10.4. The molecule has 3 heterocycles. The molecule has 6 aromatic rings. The van der Waals surface area contributed by atoms with Crippen LogP contribution in [0.5, 0.6) is 23.0 Å². The molecule has 1 fully saturated rings. The van der Waals surface area contributed by atoms with Gasteiger partial charge in [0.15, 0.2) is 11.6 Å². The van der Waals surface area contributed by atoms with Gasteiger partial charge in [-0.2, -0.15) is 5.26 Å². The van der Waals surface area contributed by atoms with Crippen LogP contribution in [0.1, 0.15) is 61.9 Å². The molecule has 0 aliphatic carbocycles. The van der Waals surface area contributed by atoms with Crippen molar-refractivity contribution in [2.45, 2.75) is 39.8 Å². The maximum Gasteiger partial charge on any atom is 0.205 e. The summed E-state index contributed by atoms with van der Waals surface area (Å²) in [5.41, 5.74) is 5.16. The highest BCUT2D eigenvalue weighted by Crippen LogP contribution is 2.40. The van der Waals surface area contributed by atoms with Crippen LogP contribution in [0.3, 0.4) is 0 Å². The van der Waals surface area contributed by atoms with Crippen molar-refractivity contribution in [3.8, 4) is 40.2 Å². The van der Waals surface area contributed by atoms with E-state index in [-0.39, 0.29) is 88.9 Å². The molecule has 0 N–H and O–H groups in total. The second kappa shape index (κ2) is 20.1. The minimum atomic E-state index is -0.256. The largest absolute Gasteiger partial charge is 0.488 e. The Labute approximate surface area is 377 Å². The van der Waals surface area contributed by atoms with E-state index >= 15 is 0 Å². The Kier molecular flexibility index (Phi) is 14.3. The first-order valence-electron chi connectivity index (χ1n) is 19.0. The molecular weight excluding hydrogens is 874 g/mol. The predicted octanol–water partition coefficient (Wildman–Crippen LogP) is 11.9. The van der Waals surface area contributed by atoms with Crippen molar-refractivity contribution in [2.75, 3.05) is 13.2 Å². The molecule has 7 rings (SSSR count). The summed E-state index contributed by atoms with van der Waals surface area (Å²) in [5.74, 6) is 0.769. The van der Waals surface area contributed by atoms with Gasteiger partial charge in [0.25, 0.3) is 0 Å². The van der Waals surface area contributed by atoms with Crippen molar-refractivity contribution in [2.24, 2.45) is 5.92 Å². The molecule has 312 valence electrons. The van der Waals surface area contributed by atoms with E-state index in [0.717, 1.165) is 0 Å². The highest BCUT2D eigenvalue weighted by molar-refractivity contribution is 6.37. The summed E-state index contributed by atoms with van der Waals surface area (Å²) in [6.07, 6.45) is 6.35. The zero-order valence-corrected chi connectivity index (χ0v) is 35.9. The third-order valence-electron chi connectivity index (χ3n) is 9.77. The number of pyridine rings is 2. The van der Waals surface area contributed by atoms with Crippen LogP contribution in [0.2, 0.25) is 20.1 Å². The summed E-state index contributed by atoms with van der Waals surface area (Å²) in [6, 6.07) is 22.5. The van der Waals surface area contributed by atoms with Gasteiger partial charge >= 0.3 is 0 Å². The predicted molar refractivity (Wildman–Crippen MR) is 235 cm³/mol. The Bertz CT molecular complexity index is 2770. The van der Waals surface area contributed by atoms with Crippen molar-refractivity contribution in [3.63, 3.8) is 0 Å². The number of Topliss-reactive ketones (excluding diaryl/α,β-unsaturated/α-hetero) is 2. The molecule has 0 radical (unpaired) electrons. The highest BCUT2D eigenvalue weighted by Gasteiger charge is 2.26. The first kappa shape index (κ1) is 43.9. The Morgan fingerprint density at radius 1 is 0.726 bits per heavy atom. The molecule has 0 spiro atoms. The Morgan fingerprint density at radius 2 is 1.26 bits per heavy atom. The molecule has 0 amide bonds. The van der Waals surface area contributed by atoms with E-state index in [2.05, 4.69) is 14.8 Å². The Balaban J connectivity index is 1.08. The summed E-state index contributed by atoms with van der Waals surface area (Å²) >= 11 is 27.3. The van der Waals surface area contributed by atoms with Gasteiger partial charge < -0.3 is 23.7 Å². The SMILES string of the molecule is [C-]#[N+]c1cncc(COc2cc(OCc3cccc(-c4cccc(COc5cc(OCc6cncc(C#N)c6)c(C(C)=O)cc5Cl)c4Cl)c3Cl)c(Cl)cc2C(=O)CC2COC2)c1. The number of hydrogen-bond donors (Lipinski definition) is 0. The third kappa shape index (κ3) is 10.5. The van der Waals surface area contributed by atoms with Crippen LogP contribution in [0.15, 0.2) is 97.6 Å². The minimum absolute atomic E-state index is 0.00929. The molecule has 1 saturated heterocycles. The molecular formula is C47H34Cl4N4O7. The number of hydrogen-bond acceptors (Lipinski definition) is 10. The quantitative estimate of drug-likeness (QED) is 0.0643. The van der Waals surface area contributed by atoms with Crippen molar-refractivity contribution in [1.29, 1.82) is 5.26 Å². The number of nitriles is 1. The van der Waals surface area contributed by atoms with Gasteiger partial charge in [-0.25, -0.2) is 4.85 Å². The molecule has 11 nitrogen and oxygen atoms in total. The fourth-order valence-electron chi connectivity index (χ4n) is 6.47. The van der Waals surface area contributed by atoms with E-state index in [1.165, 1.54) is 25.4 Å². The zero-order valence-electron chi connectivity index (χ0n) is 32.9. The van der Waals surface area contributed by atoms with E-state index in [1.54, 1.807) is 42.7 Å². The van der Waals surface area contributed by atoms with Crippen molar-refractivity contribution < 1.29 is 33.3 Å². The molecule has 1 aliphatic rings. The van der Waals surface area contributed by atoms with Crippen molar-refractivity contribution in [1.82, 2.24) is 9.97 Å². The lowest BCUT2D eigenvalue weighted by Crippen LogP contribution is -2.29. The van der Waals surface area contributed by atoms with Crippen LogP contribution in [0.25, 0.3) is 16.0 Å². The number of ketones is 2. The number of rotatable bonds is 17. The lowest BCUT2D eigenvalue weighted by atomic mass is 9.96. The van der Waals surface area contributed by atoms with Gasteiger partial charge in [0.2, 0.25) is 5.69 Å². The fraction of sp³-hybridized carbons (Fsp3) is 0.191. The van der Waals surface area contributed by atoms with Crippen LogP contribution >= 0.6 is 46.4 Å². The Hall–Kier alpha value is -6.18. The van der Waals surface area contributed by atoms with Crippen molar-refractivity contribution in [3.05, 3.63) is 168 Å². The van der Waals surface area contributed by atoms with Crippen LogP contribution in [-0.4, -0.2) is 34.7 Å². The molecule has 0 atom stereocenters. The molecule has 15 heteroatoms. The number of carbonyl (C=O) groups excluding carboxylic acids is 2. The first-order chi connectivity index (χ1) is 30.0. The molecule has 4 aromatic carbocycles. The second-order valence-corrected chi connectivity index (χ2v) is 15.8.